The average Bonchev–Trinajstić information content (AvgIpc) is 2.40. The number of halogens is 1. The van der Waals surface area contributed by atoms with Gasteiger partial charge in [0.15, 0.2) is 0 Å². The van der Waals surface area contributed by atoms with Crippen molar-refractivity contribution >= 4 is 12.4 Å². The predicted molar refractivity (Wildman–Crippen MR) is 78.7 cm³/mol. The summed E-state index contributed by atoms with van der Waals surface area (Å²) in [5.41, 5.74) is 1.41. The lowest BCUT2D eigenvalue weighted by Crippen LogP contribution is -2.33. The van der Waals surface area contributed by atoms with Gasteiger partial charge < -0.3 is 4.74 Å². The minimum absolute atomic E-state index is 0. The molecule has 0 aromatic heterocycles. The van der Waals surface area contributed by atoms with Gasteiger partial charge >= 0.3 is 0 Å². The van der Waals surface area contributed by atoms with Crippen molar-refractivity contribution in [1.29, 1.82) is 0 Å². The third kappa shape index (κ3) is 3.63. The van der Waals surface area contributed by atoms with Crippen LogP contribution in [0.2, 0.25) is 0 Å². The molecule has 0 bridgehead atoms. The molecule has 1 aromatic rings. The van der Waals surface area contributed by atoms with E-state index in [0.717, 1.165) is 5.75 Å². The Morgan fingerprint density at radius 1 is 1.33 bits per heavy atom. The Balaban J connectivity index is 0.00000162. The van der Waals surface area contributed by atoms with Gasteiger partial charge in [-0.1, -0.05) is 25.5 Å². The summed E-state index contributed by atoms with van der Waals surface area (Å²) in [6.45, 7) is 4.72. The second kappa shape index (κ2) is 7.65. The largest absolute Gasteiger partial charge is 0.497 e. The van der Waals surface area contributed by atoms with E-state index in [1.165, 1.54) is 44.3 Å². The SMILES string of the molecule is CCCN1CCCCC1c1cccc(OC)c1.Cl. The van der Waals surface area contributed by atoms with Crippen molar-refractivity contribution in [3.8, 4) is 5.75 Å². The molecule has 0 amide bonds. The van der Waals surface area contributed by atoms with Crippen LogP contribution in [-0.4, -0.2) is 25.1 Å². The van der Waals surface area contributed by atoms with Crippen LogP contribution >= 0.6 is 12.4 Å². The van der Waals surface area contributed by atoms with Crippen LogP contribution in [0.4, 0.5) is 0 Å². The molecule has 1 fully saturated rings. The van der Waals surface area contributed by atoms with Crippen molar-refractivity contribution in [3.63, 3.8) is 0 Å². The van der Waals surface area contributed by atoms with Gasteiger partial charge in [-0.3, -0.25) is 4.90 Å². The number of benzene rings is 1. The summed E-state index contributed by atoms with van der Waals surface area (Å²) >= 11 is 0. The summed E-state index contributed by atoms with van der Waals surface area (Å²) in [5, 5.41) is 0. The first-order valence-corrected chi connectivity index (χ1v) is 6.73. The van der Waals surface area contributed by atoms with Crippen LogP contribution in [0.1, 0.15) is 44.2 Å². The molecule has 0 spiro atoms. The van der Waals surface area contributed by atoms with Crippen LogP contribution in [0.25, 0.3) is 0 Å². The molecule has 1 heterocycles. The predicted octanol–water partition coefficient (Wildman–Crippen LogP) is 4.05. The Labute approximate surface area is 117 Å². The van der Waals surface area contributed by atoms with Crippen LogP contribution < -0.4 is 4.74 Å². The highest BCUT2D eigenvalue weighted by Gasteiger charge is 2.23. The minimum atomic E-state index is 0. The topological polar surface area (TPSA) is 12.5 Å². The van der Waals surface area contributed by atoms with Crippen molar-refractivity contribution in [2.75, 3.05) is 20.2 Å². The quantitative estimate of drug-likeness (QED) is 0.818. The van der Waals surface area contributed by atoms with E-state index in [1.54, 1.807) is 7.11 Å². The second-order valence-electron chi connectivity index (χ2n) is 4.82. The van der Waals surface area contributed by atoms with Gasteiger partial charge in [0.05, 0.1) is 7.11 Å². The molecule has 1 saturated heterocycles. The fraction of sp³-hybridized carbons (Fsp3) is 0.600. The molecule has 3 heteroatoms. The summed E-state index contributed by atoms with van der Waals surface area (Å²) in [7, 11) is 1.74. The highest BCUT2D eigenvalue weighted by atomic mass is 35.5. The second-order valence-corrected chi connectivity index (χ2v) is 4.82. The number of likely N-dealkylation sites (tertiary alicyclic amines) is 1. The maximum Gasteiger partial charge on any atom is 0.119 e. The zero-order chi connectivity index (χ0) is 12.1. The normalized spacial score (nSPS) is 20.2. The van der Waals surface area contributed by atoms with E-state index < -0.39 is 0 Å². The summed E-state index contributed by atoms with van der Waals surface area (Å²) in [4.78, 5) is 2.62. The fourth-order valence-corrected chi connectivity index (χ4v) is 2.77. The van der Waals surface area contributed by atoms with E-state index in [0.29, 0.717) is 6.04 Å². The first-order valence-electron chi connectivity index (χ1n) is 6.73. The molecular weight excluding hydrogens is 246 g/mol. The number of rotatable bonds is 4. The highest BCUT2D eigenvalue weighted by molar-refractivity contribution is 5.85. The van der Waals surface area contributed by atoms with Crippen LogP contribution in [-0.2, 0) is 0 Å². The Morgan fingerprint density at radius 2 is 2.17 bits per heavy atom. The molecule has 0 saturated carbocycles. The number of methoxy groups -OCH3 is 1. The van der Waals surface area contributed by atoms with E-state index in [1.807, 2.05) is 6.07 Å². The third-order valence-corrected chi connectivity index (χ3v) is 3.60. The monoisotopic (exact) mass is 269 g/mol. The van der Waals surface area contributed by atoms with Gasteiger partial charge in [0.25, 0.3) is 0 Å². The summed E-state index contributed by atoms with van der Waals surface area (Å²) in [5.74, 6) is 0.976. The van der Waals surface area contributed by atoms with Gasteiger partial charge in [0.1, 0.15) is 5.75 Å². The molecular formula is C15H24ClNO. The first-order chi connectivity index (χ1) is 8.35. The van der Waals surface area contributed by atoms with Crippen LogP contribution in [0.5, 0.6) is 5.75 Å². The molecule has 1 atom stereocenters. The van der Waals surface area contributed by atoms with Gasteiger partial charge in [0, 0.05) is 6.04 Å². The van der Waals surface area contributed by atoms with Crippen LogP contribution in [0.15, 0.2) is 24.3 Å². The van der Waals surface area contributed by atoms with Crippen LogP contribution in [0, 0.1) is 0 Å². The van der Waals surface area contributed by atoms with E-state index in [9.17, 15) is 0 Å². The standard InChI is InChI=1S/C15H23NO.ClH/c1-3-10-16-11-5-4-9-15(16)13-7-6-8-14(12-13)17-2;/h6-8,12,15H,3-5,9-11H2,1-2H3;1H. The number of hydrogen-bond donors (Lipinski definition) is 0. The molecule has 1 aliphatic heterocycles. The van der Waals surface area contributed by atoms with Crippen molar-refractivity contribution in [2.45, 2.75) is 38.6 Å². The van der Waals surface area contributed by atoms with Gasteiger partial charge in [-0.25, -0.2) is 0 Å². The van der Waals surface area contributed by atoms with Crippen molar-refractivity contribution in [1.82, 2.24) is 4.90 Å². The molecule has 2 nitrogen and oxygen atoms in total. The van der Waals surface area contributed by atoms with E-state index >= 15 is 0 Å². The molecule has 18 heavy (non-hydrogen) atoms. The minimum Gasteiger partial charge on any atom is -0.497 e. The Bertz CT molecular complexity index is 354. The van der Waals surface area contributed by atoms with Crippen LogP contribution in [0.3, 0.4) is 0 Å². The summed E-state index contributed by atoms with van der Waals surface area (Å²) < 4.78 is 5.32. The smallest absolute Gasteiger partial charge is 0.119 e. The van der Waals surface area contributed by atoms with E-state index in [2.05, 4.69) is 30.0 Å². The summed E-state index contributed by atoms with van der Waals surface area (Å²) in [6, 6.07) is 9.15. The Kier molecular flexibility index (Phi) is 6.51. The maximum atomic E-state index is 5.32. The Morgan fingerprint density at radius 3 is 2.89 bits per heavy atom. The lowest BCUT2D eigenvalue weighted by atomic mass is 9.95. The van der Waals surface area contributed by atoms with Gasteiger partial charge in [-0.05, 0) is 50.0 Å². The molecule has 0 aliphatic carbocycles. The molecule has 1 aliphatic rings. The number of ether oxygens (including phenoxy) is 1. The van der Waals surface area contributed by atoms with Gasteiger partial charge in [-0.2, -0.15) is 0 Å². The summed E-state index contributed by atoms with van der Waals surface area (Å²) in [6.07, 6.45) is 5.22. The zero-order valence-electron chi connectivity index (χ0n) is 11.4. The first kappa shape index (κ1) is 15.3. The number of piperidine rings is 1. The highest BCUT2D eigenvalue weighted by Crippen LogP contribution is 2.32. The number of hydrogen-bond acceptors (Lipinski definition) is 2. The fourth-order valence-electron chi connectivity index (χ4n) is 2.77. The molecule has 1 aromatic carbocycles. The lowest BCUT2D eigenvalue weighted by Gasteiger charge is -2.36. The number of nitrogens with zero attached hydrogens (tertiary/aromatic N) is 1. The zero-order valence-corrected chi connectivity index (χ0v) is 12.2. The molecule has 2 rings (SSSR count). The molecule has 0 radical (unpaired) electrons. The molecule has 0 N–H and O–H groups in total. The lowest BCUT2D eigenvalue weighted by molar-refractivity contribution is 0.149. The van der Waals surface area contributed by atoms with E-state index in [4.69, 9.17) is 4.74 Å². The van der Waals surface area contributed by atoms with E-state index in [-0.39, 0.29) is 12.4 Å². The van der Waals surface area contributed by atoms with Crippen molar-refractivity contribution in [2.24, 2.45) is 0 Å². The average molecular weight is 270 g/mol. The molecule has 1 unspecified atom stereocenters. The Hall–Kier alpha value is -0.730. The maximum absolute atomic E-state index is 5.32. The van der Waals surface area contributed by atoms with Crippen molar-refractivity contribution < 1.29 is 4.74 Å². The van der Waals surface area contributed by atoms with Gasteiger partial charge in [0.2, 0.25) is 0 Å². The third-order valence-electron chi connectivity index (χ3n) is 3.60. The molecule has 102 valence electrons. The van der Waals surface area contributed by atoms with Gasteiger partial charge in [-0.15, -0.1) is 12.4 Å². The van der Waals surface area contributed by atoms with Crippen molar-refractivity contribution in [3.05, 3.63) is 29.8 Å².